The zero-order valence-electron chi connectivity index (χ0n) is 6.82. The molecule has 1 rings (SSSR count). The van der Waals surface area contributed by atoms with E-state index in [1.165, 1.54) is 6.92 Å². The lowest BCUT2D eigenvalue weighted by atomic mass is 10.1. The molecule has 0 aliphatic carbocycles. The van der Waals surface area contributed by atoms with Crippen molar-refractivity contribution in [1.82, 2.24) is 0 Å². The number of carbonyl (C=O) groups is 1. The Hall–Kier alpha value is -0.530. The predicted octanol–water partition coefficient (Wildman–Crippen LogP) is 3.50. The Bertz CT molecular complexity index is 332. The van der Waals surface area contributed by atoms with Gasteiger partial charge in [-0.05, 0) is 31.5 Å². The number of carbonyl (C=O) groups excluding carboxylic acids is 1. The fourth-order valence-corrected chi connectivity index (χ4v) is 1.41. The molecule has 0 aliphatic rings. The third-order valence-corrected chi connectivity index (χ3v) is 2.37. The van der Waals surface area contributed by atoms with Crippen molar-refractivity contribution in [3.8, 4) is 0 Å². The van der Waals surface area contributed by atoms with Gasteiger partial charge in [-0.1, -0.05) is 23.2 Å². The van der Waals surface area contributed by atoms with Crippen LogP contribution in [0.2, 0.25) is 10.0 Å². The third-order valence-electron chi connectivity index (χ3n) is 1.65. The average molecular weight is 203 g/mol. The number of rotatable bonds is 1. The molecule has 0 heterocycles. The van der Waals surface area contributed by atoms with E-state index in [0.717, 1.165) is 5.56 Å². The summed E-state index contributed by atoms with van der Waals surface area (Å²) in [5, 5.41) is 0.909. The largest absolute Gasteiger partial charge is 0.295 e. The smallest absolute Gasteiger partial charge is 0.160 e. The first-order chi connectivity index (χ1) is 5.52. The van der Waals surface area contributed by atoms with Gasteiger partial charge in [-0.2, -0.15) is 0 Å². The number of halogens is 2. The van der Waals surface area contributed by atoms with Gasteiger partial charge in [0.1, 0.15) is 0 Å². The van der Waals surface area contributed by atoms with Crippen molar-refractivity contribution in [2.75, 3.05) is 0 Å². The maximum absolute atomic E-state index is 11.0. The fourth-order valence-electron chi connectivity index (χ4n) is 1.03. The van der Waals surface area contributed by atoms with Gasteiger partial charge in [0, 0.05) is 5.56 Å². The van der Waals surface area contributed by atoms with Gasteiger partial charge >= 0.3 is 0 Å². The Balaban J connectivity index is 3.33. The molecule has 0 N–H and O–H groups in total. The lowest BCUT2D eigenvalue weighted by Gasteiger charge is -2.03. The normalized spacial score (nSPS) is 10.0. The third kappa shape index (κ3) is 1.79. The molecule has 0 fully saturated rings. The molecule has 12 heavy (non-hydrogen) atoms. The molecule has 0 radical (unpaired) electrons. The first kappa shape index (κ1) is 9.56. The highest BCUT2D eigenvalue weighted by molar-refractivity contribution is 6.42. The summed E-state index contributed by atoms with van der Waals surface area (Å²) in [6.45, 7) is 3.34. The molecule has 0 atom stereocenters. The second-order valence-corrected chi connectivity index (χ2v) is 3.45. The summed E-state index contributed by atoms with van der Waals surface area (Å²) < 4.78 is 0. The quantitative estimate of drug-likeness (QED) is 0.638. The van der Waals surface area contributed by atoms with E-state index in [1.54, 1.807) is 12.1 Å². The summed E-state index contributed by atoms with van der Waals surface area (Å²) in [5.41, 5.74) is 1.49. The van der Waals surface area contributed by atoms with Crippen LogP contribution in [0.4, 0.5) is 0 Å². The van der Waals surface area contributed by atoms with Crippen molar-refractivity contribution in [1.29, 1.82) is 0 Å². The van der Waals surface area contributed by atoms with Gasteiger partial charge in [-0.15, -0.1) is 0 Å². The van der Waals surface area contributed by atoms with Crippen molar-refractivity contribution in [2.45, 2.75) is 13.8 Å². The van der Waals surface area contributed by atoms with Crippen molar-refractivity contribution in [3.05, 3.63) is 33.3 Å². The minimum Gasteiger partial charge on any atom is -0.295 e. The van der Waals surface area contributed by atoms with Crippen LogP contribution in [0, 0.1) is 6.92 Å². The summed E-state index contributed by atoms with van der Waals surface area (Å²) in [7, 11) is 0. The van der Waals surface area contributed by atoms with E-state index < -0.39 is 0 Å². The second-order valence-electron chi connectivity index (χ2n) is 2.64. The maximum atomic E-state index is 11.0. The van der Waals surface area contributed by atoms with Crippen LogP contribution in [0.15, 0.2) is 12.1 Å². The van der Waals surface area contributed by atoms with E-state index in [-0.39, 0.29) is 5.78 Å². The molecular formula is C9H8Cl2O. The Kier molecular flexibility index (Phi) is 2.76. The van der Waals surface area contributed by atoms with Crippen LogP contribution in [-0.4, -0.2) is 5.78 Å². The molecule has 1 aromatic rings. The van der Waals surface area contributed by atoms with E-state index in [2.05, 4.69) is 0 Å². The molecule has 64 valence electrons. The molecule has 0 spiro atoms. The lowest BCUT2D eigenvalue weighted by molar-refractivity contribution is 0.101. The topological polar surface area (TPSA) is 17.1 Å². The van der Waals surface area contributed by atoms with Gasteiger partial charge in [0.15, 0.2) is 5.78 Å². The van der Waals surface area contributed by atoms with Crippen LogP contribution >= 0.6 is 23.2 Å². The van der Waals surface area contributed by atoms with Gasteiger partial charge in [-0.3, -0.25) is 4.79 Å². The molecule has 1 aromatic carbocycles. The molecule has 3 heteroatoms. The Morgan fingerprint density at radius 3 is 2.25 bits per heavy atom. The van der Waals surface area contributed by atoms with Crippen LogP contribution in [0.5, 0.6) is 0 Å². The van der Waals surface area contributed by atoms with Gasteiger partial charge in [0.2, 0.25) is 0 Å². The Morgan fingerprint density at radius 2 is 1.75 bits per heavy atom. The SMILES string of the molecule is CC(=O)c1cc(Cl)c(Cl)cc1C. The van der Waals surface area contributed by atoms with Crippen LogP contribution in [0.1, 0.15) is 22.8 Å². The van der Waals surface area contributed by atoms with E-state index in [9.17, 15) is 4.79 Å². The molecule has 0 saturated carbocycles. The number of ketones is 1. The zero-order valence-corrected chi connectivity index (χ0v) is 8.33. The van der Waals surface area contributed by atoms with Crippen LogP contribution in [-0.2, 0) is 0 Å². The zero-order chi connectivity index (χ0) is 9.30. The molecule has 0 unspecified atom stereocenters. The number of hydrogen-bond acceptors (Lipinski definition) is 1. The second kappa shape index (κ2) is 3.46. The number of aryl methyl sites for hydroxylation is 1. The standard InChI is InChI=1S/C9H8Cl2O/c1-5-3-8(10)9(11)4-7(5)6(2)12/h3-4H,1-2H3. The number of hydrogen-bond donors (Lipinski definition) is 0. The van der Waals surface area contributed by atoms with Crippen molar-refractivity contribution in [3.63, 3.8) is 0 Å². The van der Waals surface area contributed by atoms with Gasteiger partial charge < -0.3 is 0 Å². The van der Waals surface area contributed by atoms with Crippen LogP contribution in [0.25, 0.3) is 0 Å². The van der Waals surface area contributed by atoms with Gasteiger partial charge in [0.05, 0.1) is 10.0 Å². The monoisotopic (exact) mass is 202 g/mol. The van der Waals surface area contributed by atoms with Crippen molar-refractivity contribution in [2.24, 2.45) is 0 Å². The highest BCUT2D eigenvalue weighted by Gasteiger charge is 2.07. The lowest BCUT2D eigenvalue weighted by Crippen LogP contribution is -1.95. The summed E-state index contributed by atoms with van der Waals surface area (Å²) >= 11 is 11.5. The predicted molar refractivity (Wildman–Crippen MR) is 51.2 cm³/mol. The van der Waals surface area contributed by atoms with Crippen LogP contribution < -0.4 is 0 Å². The number of benzene rings is 1. The summed E-state index contributed by atoms with van der Waals surface area (Å²) in [6.07, 6.45) is 0. The molecule has 0 bridgehead atoms. The first-order valence-corrected chi connectivity index (χ1v) is 4.24. The molecule has 0 aromatic heterocycles. The van der Waals surface area contributed by atoms with Crippen molar-refractivity contribution >= 4 is 29.0 Å². The summed E-state index contributed by atoms with van der Waals surface area (Å²) in [6, 6.07) is 3.29. The minimum atomic E-state index is 0.00562. The molecule has 0 amide bonds. The Labute approximate surface area is 81.3 Å². The number of Topliss-reactive ketones (excluding diaryl/α,β-unsaturated/α-hetero) is 1. The van der Waals surface area contributed by atoms with Gasteiger partial charge in [-0.25, -0.2) is 0 Å². The highest BCUT2D eigenvalue weighted by Crippen LogP contribution is 2.25. The molecular weight excluding hydrogens is 195 g/mol. The Morgan fingerprint density at radius 1 is 1.25 bits per heavy atom. The summed E-state index contributed by atoms with van der Waals surface area (Å²) in [4.78, 5) is 11.0. The molecule has 1 nitrogen and oxygen atoms in total. The fraction of sp³-hybridized carbons (Fsp3) is 0.222. The summed E-state index contributed by atoms with van der Waals surface area (Å²) in [5.74, 6) is 0.00562. The molecule has 0 aliphatic heterocycles. The van der Waals surface area contributed by atoms with E-state index in [0.29, 0.717) is 15.6 Å². The highest BCUT2D eigenvalue weighted by atomic mass is 35.5. The minimum absolute atomic E-state index is 0.00562. The van der Waals surface area contributed by atoms with E-state index in [4.69, 9.17) is 23.2 Å². The first-order valence-electron chi connectivity index (χ1n) is 3.49. The average Bonchev–Trinajstić information content (AvgIpc) is 1.96. The van der Waals surface area contributed by atoms with Gasteiger partial charge in [0.25, 0.3) is 0 Å². The molecule has 0 saturated heterocycles. The van der Waals surface area contributed by atoms with Crippen LogP contribution in [0.3, 0.4) is 0 Å². The van der Waals surface area contributed by atoms with E-state index in [1.807, 2.05) is 6.92 Å². The van der Waals surface area contributed by atoms with E-state index >= 15 is 0 Å². The maximum Gasteiger partial charge on any atom is 0.160 e. The van der Waals surface area contributed by atoms with Crippen molar-refractivity contribution < 1.29 is 4.79 Å².